The summed E-state index contributed by atoms with van der Waals surface area (Å²) in [7, 11) is 0. The van der Waals surface area contributed by atoms with Crippen LogP contribution < -0.4 is 5.32 Å². The summed E-state index contributed by atoms with van der Waals surface area (Å²) in [6, 6.07) is 11.0. The van der Waals surface area contributed by atoms with Crippen LogP contribution in [0.3, 0.4) is 0 Å². The summed E-state index contributed by atoms with van der Waals surface area (Å²) in [6.45, 7) is 3.03. The zero-order chi connectivity index (χ0) is 18.8. The summed E-state index contributed by atoms with van der Waals surface area (Å²) in [6.07, 6.45) is 2.91. The molecule has 138 valence electrons. The first-order chi connectivity index (χ1) is 13.1. The zero-order valence-corrected chi connectivity index (χ0v) is 15.1. The van der Waals surface area contributed by atoms with Crippen molar-refractivity contribution in [1.29, 1.82) is 0 Å². The number of pyridine rings is 1. The minimum absolute atomic E-state index is 0.00860. The van der Waals surface area contributed by atoms with Gasteiger partial charge in [-0.15, -0.1) is 0 Å². The van der Waals surface area contributed by atoms with Crippen LogP contribution >= 0.6 is 0 Å². The third kappa shape index (κ3) is 3.67. The van der Waals surface area contributed by atoms with E-state index in [1.807, 2.05) is 36.1 Å². The minimum Gasteiger partial charge on any atom is -0.345 e. The number of aromatic nitrogens is 3. The molecule has 0 atom stereocenters. The predicted octanol–water partition coefficient (Wildman–Crippen LogP) is 2.76. The minimum atomic E-state index is -0.105. The Kier molecular flexibility index (Phi) is 4.58. The van der Waals surface area contributed by atoms with E-state index < -0.39 is 0 Å². The molecule has 0 aliphatic carbocycles. The molecule has 0 radical (unpaired) electrons. The SMILES string of the molecule is Cc1cccc(NC(=O)C2CCN(C(=O)c3ccc4nc[nH]c4c3)CC2)n1. The van der Waals surface area contributed by atoms with E-state index in [1.165, 1.54) is 0 Å². The Morgan fingerprint density at radius 3 is 2.78 bits per heavy atom. The number of nitrogens with one attached hydrogen (secondary N) is 2. The third-order valence-electron chi connectivity index (χ3n) is 4.96. The fourth-order valence-electron chi connectivity index (χ4n) is 3.44. The average Bonchev–Trinajstić information content (AvgIpc) is 3.15. The van der Waals surface area contributed by atoms with E-state index in [9.17, 15) is 9.59 Å². The summed E-state index contributed by atoms with van der Waals surface area (Å²) in [5.74, 6) is 0.433. The lowest BCUT2D eigenvalue weighted by molar-refractivity contribution is -0.121. The normalized spacial score (nSPS) is 15.1. The number of aryl methyl sites for hydroxylation is 1. The molecular weight excluding hydrogens is 342 g/mol. The lowest BCUT2D eigenvalue weighted by Gasteiger charge is -2.31. The number of nitrogens with zero attached hydrogens (tertiary/aromatic N) is 3. The maximum Gasteiger partial charge on any atom is 0.253 e. The smallest absolute Gasteiger partial charge is 0.253 e. The summed E-state index contributed by atoms with van der Waals surface area (Å²) >= 11 is 0. The first-order valence-electron chi connectivity index (χ1n) is 9.07. The molecule has 0 saturated carbocycles. The molecule has 0 bridgehead atoms. The highest BCUT2D eigenvalue weighted by atomic mass is 16.2. The molecule has 3 aromatic rings. The van der Waals surface area contributed by atoms with Gasteiger partial charge in [-0.2, -0.15) is 0 Å². The second-order valence-corrected chi connectivity index (χ2v) is 6.85. The van der Waals surface area contributed by atoms with Crippen molar-refractivity contribution in [2.45, 2.75) is 19.8 Å². The number of rotatable bonds is 3. The van der Waals surface area contributed by atoms with Crippen molar-refractivity contribution in [2.24, 2.45) is 5.92 Å². The van der Waals surface area contributed by atoms with E-state index in [1.54, 1.807) is 18.5 Å². The van der Waals surface area contributed by atoms with Gasteiger partial charge in [0.25, 0.3) is 5.91 Å². The van der Waals surface area contributed by atoms with Crippen LogP contribution in [0.4, 0.5) is 5.82 Å². The van der Waals surface area contributed by atoms with Crippen molar-refractivity contribution in [3.63, 3.8) is 0 Å². The molecule has 2 aromatic heterocycles. The molecule has 7 nitrogen and oxygen atoms in total. The van der Waals surface area contributed by atoms with Crippen molar-refractivity contribution in [2.75, 3.05) is 18.4 Å². The Morgan fingerprint density at radius 1 is 1.19 bits per heavy atom. The van der Waals surface area contributed by atoms with Gasteiger partial charge in [0.05, 0.1) is 17.4 Å². The van der Waals surface area contributed by atoms with Crippen LogP contribution in [0, 0.1) is 12.8 Å². The van der Waals surface area contributed by atoms with Gasteiger partial charge in [-0.1, -0.05) is 6.07 Å². The molecule has 1 fully saturated rings. The van der Waals surface area contributed by atoms with Gasteiger partial charge in [-0.25, -0.2) is 9.97 Å². The number of carbonyl (C=O) groups excluding carboxylic acids is 2. The van der Waals surface area contributed by atoms with Gasteiger partial charge in [0, 0.05) is 30.3 Å². The van der Waals surface area contributed by atoms with E-state index in [4.69, 9.17) is 0 Å². The Morgan fingerprint density at radius 2 is 2.00 bits per heavy atom. The first kappa shape index (κ1) is 17.2. The number of amides is 2. The van der Waals surface area contributed by atoms with Crippen LogP contribution in [-0.4, -0.2) is 44.8 Å². The highest BCUT2D eigenvalue weighted by Crippen LogP contribution is 2.22. The molecule has 4 rings (SSSR count). The molecule has 3 heterocycles. The number of aromatic amines is 1. The number of H-pyrrole nitrogens is 1. The second-order valence-electron chi connectivity index (χ2n) is 6.85. The fraction of sp³-hybridized carbons (Fsp3) is 0.300. The number of hydrogen-bond donors (Lipinski definition) is 2. The Bertz CT molecular complexity index is 989. The average molecular weight is 363 g/mol. The number of hydrogen-bond acceptors (Lipinski definition) is 4. The monoisotopic (exact) mass is 363 g/mol. The van der Waals surface area contributed by atoms with Crippen molar-refractivity contribution in [3.05, 3.63) is 54.0 Å². The summed E-state index contributed by atoms with van der Waals surface area (Å²) in [5.41, 5.74) is 3.19. The highest BCUT2D eigenvalue weighted by molar-refractivity contribution is 5.97. The molecule has 2 amide bonds. The Labute approximate surface area is 156 Å². The van der Waals surface area contributed by atoms with E-state index in [0.29, 0.717) is 37.3 Å². The van der Waals surface area contributed by atoms with Crippen LogP contribution in [0.2, 0.25) is 0 Å². The second kappa shape index (κ2) is 7.19. The van der Waals surface area contributed by atoms with Crippen molar-refractivity contribution < 1.29 is 9.59 Å². The number of imidazole rings is 1. The van der Waals surface area contributed by atoms with E-state index in [0.717, 1.165) is 16.7 Å². The van der Waals surface area contributed by atoms with Crippen molar-refractivity contribution >= 4 is 28.7 Å². The molecule has 1 aliphatic heterocycles. The lowest BCUT2D eigenvalue weighted by atomic mass is 9.95. The number of likely N-dealkylation sites (tertiary alicyclic amines) is 1. The summed E-state index contributed by atoms with van der Waals surface area (Å²) < 4.78 is 0. The maximum atomic E-state index is 12.8. The fourth-order valence-corrected chi connectivity index (χ4v) is 3.44. The van der Waals surface area contributed by atoms with Crippen LogP contribution in [0.15, 0.2) is 42.7 Å². The molecule has 1 aromatic carbocycles. The molecular formula is C20H21N5O2. The number of carbonyl (C=O) groups is 2. The molecule has 0 spiro atoms. The maximum absolute atomic E-state index is 12.8. The predicted molar refractivity (Wildman–Crippen MR) is 102 cm³/mol. The van der Waals surface area contributed by atoms with E-state index >= 15 is 0 Å². The number of anilines is 1. The first-order valence-corrected chi connectivity index (χ1v) is 9.07. The van der Waals surface area contributed by atoms with Gasteiger partial charge in [0.1, 0.15) is 5.82 Å². The quantitative estimate of drug-likeness (QED) is 0.749. The Balaban J connectivity index is 1.36. The molecule has 27 heavy (non-hydrogen) atoms. The molecule has 0 unspecified atom stereocenters. The van der Waals surface area contributed by atoms with Crippen LogP contribution in [0.1, 0.15) is 28.9 Å². The topological polar surface area (TPSA) is 91.0 Å². The van der Waals surface area contributed by atoms with Gasteiger partial charge in [-0.05, 0) is 50.1 Å². The third-order valence-corrected chi connectivity index (χ3v) is 4.96. The van der Waals surface area contributed by atoms with E-state index in [-0.39, 0.29) is 17.7 Å². The van der Waals surface area contributed by atoms with Crippen LogP contribution in [-0.2, 0) is 4.79 Å². The number of piperidine rings is 1. The summed E-state index contributed by atoms with van der Waals surface area (Å²) in [5, 5.41) is 2.88. The Hall–Kier alpha value is -3.22. The van der Waals surface area contributed by atoms with E-state index in [2.05, 4.69) is 20.3 Å². The lowest BCUT2D eigenvalue weighted by Crippen LogP contribution is -2.41. The van der Waals surface area contributed by atoms with Crippen LogP contribution in [0.25, 0.3) is 11.0 Å². The summed E-state index contributed by atoms with van der Waals surface area (Å²) in [4.78, 5) is 38.5. The largest absolute Gasteiger partial charge is 0.345 e. The number of benzene rings is 1. The van der Waals surface area contributed by atoms with Gasteiger partial charge >= 0.3 is 0 Å². The van der Waals surface area contributed by atoms with Crippen molar-refractivity contribution in [1.82, 2.24) is 19.9 Å². The molecule has 7 heteroatoms. The standard InChI is InChI=1S/C20H21N5O2/c1-13-3-2-4-18(23-13)24-19(26)14-7-9-25(10-8-14)20(27)15-5-6-16-17(11-15)22-12-21-16/h2-6,11-12,14H,7-10H2,1H3,(H,21,22)(H,23,24,26). The number of fused-ring (bicyclic) bond motifs is 1. The van der Waals surface area contributed by atoms with Gasteiger partial charge in [0.15, 0.2) is 0 Å². The van der Waals surface area contributed by atoms with Gasteiger partial charge < -0.3 is 15.2 Å². The van der Waals surface area contributed by atoms with Crippen LogP contribution in [0.5, 0.6) is 0 Å². The zero-order valence-electron chi connectivity index (χ0n) is 15.1. The molecule has 1 saturated heterocycles. The highest BCUT2D eigenvalue weighted by Gasteiger charge is 2.28. The molecule has 1 aliphatic rings. The van der Waals surface area contributed by atoms with Crippen molar-refractivity contribution in [3.8, 4) is 0 Å². The molecule has 2 N–H and O–H groups in total. The van der Waals surface area contributed by atoms with Gasteiger partial charge in [0.2, 0.25) is 5.91 Å². The van der Waals surface area contributed by atoms with Gasteiger partial charge in [-0.3, -0.25) is 9.59 Å².